The second-order valence-corrected chi connectivity index (χ2v) is 8.49. The Morgan fingerprint density at radius 2 is 1.70 bits per heavy atom. The number of hydrogen-bond donors (Lipinski definition) is 0. The highest BCUT2D eigenvalue weighted by Gasteiger charge is 2.63. The van der Waals surface area contributed by atoms with Crippen molar-refractivity contribution < 1.29 is 9.53 Å². The molecule has 114 valence electrons. The lowest BCUT2D eigenvalue weighted by molar-refractivity contribution is -0.163. The lowest BCUT2D eigenvalue weighted by Crippen LogP contribution is -2.39. The number of hydrogen-bond acceptors (Lipinski definition) is 2. The fourth-order valence-corrected chi connectivity index (χ4v) is 5.04. The van der Waals surface area contributed by atoms with Crippen molar-refractivity contribution in [2.75, 3.05) is 0 Å². The molecule has 2 nitrogen and oxygen atoms in total. The zero-order valence-corrected chi connectivity index (χ0v) is 13.6. The normalized spacial score (nSPS) is 46.4. The Hall–Kier alpha value is -0.530. The molecule has 2 bridgehead atoms. The molecule has 0 aromatic rings. The Labute approximate surface area is 123 Å². The lowest BCUT2D eigenvalue weighted by Gasteiger charge is -2.39. The highest BCUT2D eigenvalue weighted by molar-refractivity contribution is 5.72. The minimum atomic E-state index is 0.103. The Bertz CT molecular complexity index is 392. The Kier molecular flexibility index (Phi) is 3.42. The standard InChI is InChI=1S/C18H30O2/c1-12-5-7-13(8-6-12)16(19)20-15-11-14-9-10-18(15,4)17(14,2)3/h12-15H,5-11H2,1-4H3. The first-order chi connectivity index (χ1) is 9.34. The molecule has 3 aliphatic carbocycles. The van der Waals surface area contributed by atoms with Crippen molar-refractivity contribution in [1.29, 1.82) is 0 Å². The van der Waals surface area contributed by atoms with Crippen LogP contribution in [-0.4, -0.2) is 12.1 Å². The monoisotopic (exact) mass is 278 g/mol. The van der Waals surface area contributed by atoms with E-state index in [4.69, 9.17) is 4.74 Å². The highest BCUT2D eigenvalue weighted by Crippen LogP contribution is 2.66. The average Bonchev–Trinajstić information content (AvgIpc) is 2.72. The maximum absolute atomic E-state index is 12.5. The molecule has 3 aliphatic rings. The van der Waals surface area contributed by atoms with Crippen LogP contribution in [0, 0.1) is 28.6 Å². The molecule has 0 radical (unpaired) electrons. The number of esters is 1. The van der Waals surface area contributed by atoms with E-state index in [0.717, 1.165) is 31.1 Å². The summed E-state index contributed by atoms with van der Waals surface area (Å²) in [5.41, 5.74) is 0.536. The molecule has 3 rings (SSSR count). The van der Waals surface area contributed by atoms with Crippen molar-refractivity contribution in [2.45, 2.75) is 78.7 Å². The van der Waals surface area contributed by atoms with Gasteiger partial charge < -0.3 is 4.74 Å². The fraction of sp³-hybridized carbons (Fsp3) is 0.944. The summed E-state index contributed by atoms with van der Waals surface area (Å²) >= 11 is 0. The summed E-state index contributed by atoms with van der Waals surface area (Å²) in [6.45, 7) is 9.39. The second kappa shape index (κ2) is 4.74. The third-order valence-corrected chi connectivity index (χ3v) is 7.32. The predicted molar refractivity (Wildman–Crippen MR) is 80.2 cm³/mol. The van der Waals surface area contributed by atoms with Gasteiger partial charge in [-0.05, 0) is 62.2 Å². The molecule has 0 heterocycles. The molecule has 3 saturated carbocycles. The third-order valence-electron chi connectivity index (χ3n) is 7.32. The van der Waals surface area contributed by atoms with E-state index in [9.17, 15) is 4.79 Å². The van der Waals surface area contributed by atoms with E-state index in [1.54, 1.807) is 0 Å². The minimum Gasteiger partial charge on any atom is -0.462 e. The smallest absolute Gasteiger partial charge is 0.309 e. The van der Waals surface area contributed by atoms with Crippen LogP contribution < -0.4 is 0 Å². The summed E-state index contributed by atoms with van der Waals surface area (Å²) in [7, 11) is 0. The van der Waals surface area contributed by atoms with Gasteiger partial charge >= 0.3 is 5.97 Å². The van der Waals surface area contributed by atoms with Crippen LogP contribution >= 0.6 is 0 Å². The van der Waals surface area contributed by atoms with E-state index >= 15 is 0 Å². The number of ether oxygens (including phenoxy) is 1. The van der Waals surface area contributed by atoms with Crippen LogP contribution in [0.5, 0.6) is 0 Å². The maximum Gasteiger partial charge on any atom is 0.309 e. The largest absolute Gasteiger partial charge is 0.462 e. The molecule has 0 spiro atoms. The van der Waals surface area contributed by atoms with E-state index in [2.05, 4.69) is 27.7 Å². The number of carbonyl (C=O) groups is 1. The van der Waals surface area contributed by atoms with Gasteiger partial charge in [0.2, 0.25) is 0 Å². The first-order valence-electron chi connectivity index (χ1n) is 8.55. The summed E-state index contributed by atoms with van der Waals surface area (Å²) in [5.74, 6) is 1.82. The second-order valence-electron chi connectivity index (χ2n) is 8.49. The molecule has 0 aliphatic heterocycles. The van der Waals surface area contributed by atoms with E-state index in [1.807, 2.05) is 0 Å². The maximum atomic E-state index is 12.5. The SMILES string of the molecule is CC1CCC(C(=O)OC2CC3CCC2(C)C3(C)C)CC1. The third kappa shape index (κ3) is 2.02. The first-order valence-corrected chi connectivity index (χ1v) is 8.55. The van der Waals surface area contributed by atoms with Gasteiger partial charge in [0.1, 0.15) is 6.10 Å². The molecule has 3 atom stereocenters. The van der Waals surface area contributed by atoms with Crippen molar-refractivity contribution in [3.05, 3.63) is 0 Å². The molecule has 2 heteroatoms. The van der Waals surface area contributed by atoms with Crippen LogP contribution in [0.1, 0.15) is 72.6 Å². The Morgan fingerprint density at radius 1 is 1.05 bits per heavy atom. The van der Waals surface area contributed by atoms with E-state index in [0.29, 0.717) is 5.41 Å². The highest BCUT2D eigenvalue weighted by atomic mass is 16.5. The molecule has 0 aromatic carbocycles. The first kappa shape index (κ1) is 14.4. The Morgan fingerprint density at radius 3 is 2.20 bits per heavy atom. The fourth-order valence-electron chi connectivity index (χ4n) is 5.04. The lowest BCUT2D eigenvalue weighted by atomic mass is 9.70. The average molecular weight is 278 g/mol. The zero-order valence-electron chi connectivity index (χ0n) is 13.6. The number of carbonyl (C=O) groups excluding carboxylic acids is 1. The number of fused-ring (bicyclic) bond motifs is 2. The van der Waals surface area contributed by atoms with E-state index in [1.165, 1.54) is 25.7 Å². The Balaban J connectivity index is 1.63. The van der Waals surface area contributed by atoms with Gasteiger partial charge in [-0.3, -0.25) is 4.79 Å². The van der Waals surface area contributed by atoms with Crippen LogP contribution in [-0.2, 0) is 9.53 Å². The van der Waals surface area contributed by atoms with Gasteiger partial charge in [-0.2, -0.15) is 0 Å². The van der Waals surface area contributed by atoms with E-state index < -0.39 is 0 Å². The molecule has 0 aromatic heterocycles. The quantitative estimate of drug-likeness (QED) is 0.692. The van der Waals surface area contributed by atoms with Crippen molar-refractivity contribution >= 4 is 5.97 Å². The van der Waals surface area contributed by atoms with Crippen LogP contribution in [0.25, 0.3) is 0 Å². The van der Waals surface area contributed by atoms with Crippen LogP contribution in [0.2, 0.25) is 0 Å². The van der Waals surface area contributed by atoms with Gasteiger partial charge in [-0.1, -0.05) is 27.7 Å². The molecular weight excluding hydrogens is 248 g/mol. The van der Waals surface area contributed by atoms with E-state index in [-0.39, 0.29) is 23.4 Å². The molecular formula is C18H30O2. The van der Waals surface area contributed by atoms with Gasteiger partial charge in [0.25, 0.3) is 0 Å². The van der Waals surface area contributed by atoms with Crippen molar-refractivity contribution in [3.63, 3.8) is 0 Å². The molecule has 3 unspecified atom stereocenters. The van der Waals surface area contributed by atoms with Crippen molar-refractivity contribution in [2.24, 2.45) is 28.6 Å². The molecule has 20 heavy (non-hydrogen) atoms. The summed E-state index contributed by atoms with van der Waals surface area (Å²) in [6.07, 6.45) is 8.27. The van der Waals surface area contributed by atoms with Gasteiger partial charge in [0, 0.05) is 5.41 Å². The molecule has 0 N–H and O–H groups in total. The minimum absolute atomic E-state index is 0.103. The summed E-state index contributed by atoms with van der Waals surface area (Å²) in [5, 5.41) is 0. The summed E-state index contributed by atoms with van der Waals surface area (Å²) in [4.78, 5) is 12.5. The van der Waals surface area contributed by atoms with Crippen molar-refractivity contribution in [1.82, 2.24) is 0 Å². The number of rotatable bonds is 2. The summed E-state index contributed by atoms with van der Waals surface area (Å²) < 4.78 is 6.02. The van der Waals surface area contributed by atoms with Gasteiger partial charge in [-0.15, -0.1) is 0 Å². The molecule has 0 saturated heterocycles. The van der Waals surface area contributed by atoms with Gasteiger partial charge in [0.15, 0.2) is 0 Å². The molecule has 3 fully saturated rings. The summed E-state index contributed by atoms with van der Waals surface area (Å²) in [6, 6.07) is 0. The topological polar surface area (TPSA) is 26.3 Å². The van der Waals surface area contributed by atoms with Gasteiger partial charge in [0.05, 0.1) is 5.92 Å². The van der Waals surface area contributed by atoms with Crippen molar-refractivity contribution in [3.8, 4) is 0 Å². The predicted octanol–water partition coefficient (Wildman–Crippen LogP) is 4.57. The van der Waals surface area contributed by atoms with Crippen LogP contribution in [0.4, 0.5) is 0 Å². The van der Waals surface area contributed by atoms with Crippen LogP contribution in [0.3, 0.4) is 0 Å². The van der Waals surface area contributed by atoms with Gasteiger partial charge in [-0.25, -0.2) is 0 Å². The van der Waals surface area contributed by atoms with Crippen LogP contribution in [0.15, 0.2) is 0 Å². The zero-order chi connectivity index (χ0) is 14.5. The molecule has 0 amide bonds.